The van der Waals surface area contributed by atoms with Crippen molar-refractivity contribution < 1.29 is 9.53 Å². The number of aryl methyl sites for hydroxylation is 3. The van der Waals surface area contributed by atoms with Crippen molar-refractivity contribution in [2.75, 3.05) is 36.5 Å². The van der Waals surface area contributed by atoms with Gasteiger partial charge in [-0.3, -0.25) is 4.79 Å². The molecule has 1 aliphatic heterocycles. The third kappa shape index (κ3) is 4.60. The molecule has 0 radical (unpaired) electrons. The van der Waals surface area contributed by atoms with Gasteiger partial charge in [-0.2, -0.15) is 0 Å². The van der Waals surface area contributed by atoms with Crippen molar-refractivity contribution in [3.63, 3.8) is 0 Å². The summed E-state index contributed by atoms with van der Waals surface area (Å²) in [5.74, 6) is 0.0562. The number of carbonyl (C=O) groups excluding carboxylic acids is 1. The first-order chi connectivity index (χ1) is 12.1. The molecule has 25 heavy (non-hydrogen) atoms. The lowest BCUT2D eigenvalue weighted by Gasteiger charge is -2.30. The number of benzene rings is 2. The minimum absolute atomic E-state index is 0.0562. The van der Waals surface area contributed by atoms with Gasteiger partial charge < -0.3 is 15.0 Å². The molecule has 1 saturated heterocycles. The molecule has 1 heterocycles. The Labute approximate surface area is 149 Å². The van der Waals surface area contributed by atoms with Gasteiger partial charge in [-0.15, -0.1) is 0 Å². The number of amides is 1. The summed E-state index contributed by atoms with van der Waals surface area (Å²) >= 11 is 0. The zero-order valence-corrected chi connectivity index (χ0v) is 15.0. The van der Waals surface area contributed by atoms with Gasteiger partial charge in [0, 0.05) is 19.5 Å². The van der Waals surface area contributed by atoms with E-state index in [-0.39, 0.29) is 5.91 Å². The standard InChI is InChI=1S/C21H26N2O2/c1-16-7-8-18(17(2)15-16)9-10-21(24)22-19-5-3-4-6-20(19)23-11-13-25-14-12-23/h3-8,15H,9-14H2,1-2H3,(H,22,24). The number of morpholine rings is 1. The Balaban J connectivity index is 1.63. The van der Waals surface area contributed by atoms with Crippen LogP contribution in [0.3, 0.4) is 0 Å². The van der Waals surface area contributed by atoms with E-state index in [1.807, 2.05) is 18.2 Å². The normalized spacial score (nSPS) is 14.4. The van der Waals surface area contributed by atoms with Crippen LogP contribution in [0, 0.1) is 13.8 Å². The maximum Gasteiger partial charge on any atom is 0.224 e. The van der Waals surface area contributed by atoms with Gasteiger partial charge in [0.2, 0.25) is 5.91 Å². The minimum atomic E-state index is 0.0562. The molecule has 1 aliphatic rings. The van der Waals surface area contributed by atoms with Crippen molar-refractivity contribution >= 4 is 17.3 Å². The fourth-order valence-electron chi connectivity index (χ4n) is 3.25. The Hall–Kier alpha value is -2.33. The fourth-order valence-corrected chi connectivity index (χ4v) is 3.25. The topological polar surface area (TPSA) is 41.6 Å². The summed E-state index contributed by atoms with van der Waals surface area (Å²) in [6.07, 6.45) is 1.25. The van der Waals surface area contributed by atoms with Gasteiger partial charge in [-0.1, -0.05) is 35.9 Å². The highest BCUT2D eigenvalue weighted by Gasteiger charge is 2.15. The molecular formula is C21H26N2O2. The van der Waals surface area contributed by atoms with Gasteiger partial charge in [0.1, 0.15) is 0 Å². The molecule has 0 saturated carbocycles. The Bertz CT molecular complexity index is 736. The van der Waals surface area contributed by atoms with Crippen LogP contribution in [0.25, 0.3) is 0 Å². The molecule has 132 valence electrons. The summed E-state index contributed by atoms with van der Waals surface area (Å²) in [6.45, 7) is 7.37. The molecule has 2 aromatic carbocycles. The molecule has 0 atom stereocenters. The van der Waals surface area contributed by atoms with Crippen molar-refractivity contribution in [3.05, 3.63) is 59.2 Å². The van der Waals surface area contributed by atoms with Gasteiger partial charge in [0.15, 0.2) is 0 Å². The molecule has 0 unspecified atom stereocenters. The van der Waals surface area contributed by atoms with Crippen molar-refractivity contribution in [2.24, 2.45) is 0 Å². The number of anilines is 2. The predicted molar refractivity (Wildman–Crippen MR) is 102 cm³/mol. The molecular weight excluding hydrogens is 312 g/mol. The van der Waals surface area contributed by atoms with E-state index in [0.29, 0.717) is 6.42 Å². The summed E-state index contributed by atoms with van der Waals surface area (Å²) in [6, 6.07) is 14.4. The Kier molecular flexibility index (Phi) is 5.71. The summed E-state index contributed by atoms with van der Waals surface area (Å²) in [5.41, 5.74) is 5.70. The number of hydrogen-bond acceptors (Lipinski definition) is 3. The van der Waals surface area contributed by atoms with E-state index < -0.39 is 0 Å². The van der Waals surface area contributed by atoms with Gasteiger partial charge in [0.05, 0.1) is 24.6 Å². The van der Waals surface area contributed by atoms with E-state index in [0.717, 1.165) is 44.1 Å². The van der Waals surface area contributed by atoms with Crippen LogP contribution in [-0.4, -0.2) is 32.2 Å². The summed E-state index contributed by atoms with van der Waals surface area (Å²) < 4.78 is 5.42. The lowest BCUT2D eigenvalue weighted by Crippen LogP contribution is -2.36. The van der Waals surface area contributed by atoms with Crippen LogP contribution in [0.4, 0.5) is 11.4 Å². The van der Waals surface area contributed by atoms with E-state index in [4.69, 9.17) is 4.74 Å². The van der Waals surface area contributed by atoms with Gasteiger partial charge in [-0.25, -0.2) is 0 Å². The number of nitrogens with zero attached hydrogens (tertiary/aromatic N) is 1. The molecule has 1 fully saturated rings. The molecule has 0 aliphatic carbocycles. The second kappa shape index (κ2) is 8.17. The lowest BCUT2D eigenvalue weighted by atomic mass is 10.0. The van der Waals surface area contributed by atoms with E-state index in [9.17, 15) is 4.79 Å². The summed E-state index contributed by atoms with van der Waals surface area (Å²) in [5, 5.41) is 3.09. The molecule has 1 N–H and O–H groups in total. The van der Waals surface area contributed by atoms with Crippen molar-refractivity contribution in [1.29, 1.82) is 0 Å². The SMILES string of the molecule is Cc1ccc(CCC(=O)Nc2ccccc2N2CCOCC2)c(C)c1. The minimum Gasteiger partial charge on any atom is -0.378 e. The fraction of sp³-hybridized carbons (Fsp3) is 0.381. The van der Waals surface area contributed by atoms with E-state index in [2.05, 4.69) is 48.3 Å². The number of nitrogens with one attached hydrogen (secondary N) is 1. The predicted octanol–water partition coefficient (Wildman–Crippen LogP) is 3.71. The maximum atomic E-state index is 12.4. The van der Waals surface area contributed by atoms with E-state index in [1.165, 1.54) is 16.7 Å². The first kappa shape index (κ1) is 17.5. The van der Waals surface area contributed by atoms with Crippen molar-refractivity contribution in [1.82, 2.24) is 0 Å². The highest BCUT2D eigenvalue weighted by molar-refractivity contribution is 5.94. The number of para-hydroxylation sites is 2. The zero-order chi connectivity index (χ0) is 17.6. The number of ether oxygens (including phenoxy) is 1. The van der Waals surface area contributed by atoms with E-state index in [1.54, 1.807) is 0 Å². The second-order valence-corrected chi connectivity index (χ2v) is 6.59. The maximum absolute atomic E-state index is 12.4. The number of hydrogen-bond donors (Lipinski definition) is 1. The van der Waals surface area contributed by atoms with Crippen LogP contribution in [-0.2, 0) is 16.0 Å². The summed E-state index contributed by atoms with van der Waals surface area (Å²) in [4.78, 5) is 14.7. The zero-order valence-electron chi connectivity index (χ0n) is 15.0. The molecule has 0 bridgehead atoms. The Morgan fingerprint density at radius 2 is 1.88 bits per heavy atom. The smallest absolute Gasteiger partial charge is 0.224 e. The van der Waals surface area contributed by atoms with Crippen LogP contribution < -0.4 is 10.2 Å². The van der Waals surface area contributed by atoms with Crippen LogP contribution in [0.2, 0.25) is 0 Å². The van der Waals surface area contributed by atoms with E-state index >= 15 is 0 Å². The number of rotatable bonds is 5. The Morgan fingerprint density at radius 1 is 1.12 bits per heavy atom. The largest absolute Gasteiger partial charge is 0.378 e. The van der Waals surface area contributed by atoms with Gasteiger partial charge >= 0.3 is 0 Å². The monoisotopic (exact) mass is 338 g/mol. The van der Waals surface area contributed by atoms with Crippen LogP contribution >= 0.6 is 0 Å². The Morgan fingerprint density at radius 3 is 2.64 bits per heavy atom. The van der Waals surface area contributed by atoms with Gasteiger partial charge in [0.25, 0.3) is 0 Å². The van der Waals surface area contributed by atoms with Crippen LogP contribution in [0.1, 0.15) is 23.1 Å². The summed E-state index contributed by atoms with van der Waals surface area (Å²) in [7, 11) is 0. The van der Waals surface area contributed by atoms with Crippen molar-refractivity contribution in [3.8, 4) is 0 Å². The molecule has 0 spiro atoms. The average Bonchev–Trinajstić information content (AvgIpc) is 2.62. The second-order valence-electron chi connectivity index (χ2n) is 6.59. The molecule has 0 aromatic heterocycles. The quantitative estimate of drug-likeness (QED) is 0.903. The third-order valence-corrected chi connectivity index (χ3v) is 4.65. The lowest BCUT2D eigenvalue weighted by molar-refractivity contribution is -0.116. The number of carbonyl (C=O) groups is 1. The third-order valence-electron chi connectivity index (χ3n) is 4.65. The first-order valence-corrected chi connectivity index (χ1v) is 8.91. The molecule has 4 heteroatoms. The van der Waals surface area contributed by atoms with Crippen molar-refractivity contribution in [2.45, 2.75) is 26.7 Å². The molecule has 3 rings (SSSR count). The highest BCUT2D eigenvalue weighted by Crippen LogP contribution is 2.26. The average molecular weight is 338 g/mol. The molecule has 4 nitrogen and oxygen atoms in total. The molecule has 2 aromatic rings. The highest BCUT2D eigenvalue weighted by atomic mass is 16.5. The first-order valence-electron chi connectivity index (χ1n) is 8.91. The van der Waals surface area contributed by atoms with Crippen LogP contribution in [0.5, 0.6) is 0 Å². The molecule has 1 amide bonds. The van der Waals surface area contributed by atoms with Gasteiger partial charge in [-0.05, 0) is 43.5 Å². The van der Waals surface area contributed by atoms with Crippen LogP contribution in [0.15, 0.2) is 42.5 Å².